The highest BCUT2D eigenvalue weighted by atomic mass is 16.5. The molecule has 1 rings (SSSR count). The number of hydrogen-bond acceptors (Lipinski definition) is 2. The average Bonchev–Trinajstić information content (AvgIpc) is 2.40. The van der Waals surface area contributed by atoms with E-state index >= 15 is 0 Å². The van der Waals surface area contributed by atoms with Crippen molar-refractivity contribution in [3.8, 4) is 11.8 Å². The van der Waals surface area contributed by atoms with Crippen LogP contribution in [0.25, 0.3) is 0 Å². The summed E-state index contributed by atoms with van der Waals surface area (Å²) in [6.45, 7) is 4.28. The summed E-state index contributed by atoms with van der Waals surface area (Å²) in [5.74, 6) is 5.99. The Hall–Kier alpha value is -2.01. The second-order valence-electron chi connectivity index (χ2n) is 4.21. The molecule has 0 spiro atoms. The van der Waals surface area contributed by atoms with Gasteiger partial charge in [-0.2, -0.15) is 0 Å². The minimum atomic E-state index is -0.270. The van der Waals surface area contributed by atoms with Crippen LogP contribution in [-0.2, 0) is 9.53 Å². The molecule has 0 saturated carbocycles. The third-order valence-electron chi connectivity index (χ3n) is 2.50. The monoisotopic (exact) mass is 256 g/mol. The zero-order chi connectivity index (χ0) is 13.9. The van der Waals surface area contributed by atoms with E-state index in [-0.39, 0.29) is 5.97 Å². The standard InChI is InChI=1S/C17H20O2/c1-3-19-17(18)10-8-6-4-5-7-9-16-13-11-15(2)12-14-16/h8,10-14H,3-6H2,1-2H3/b10-8+. The topological polar surface area (TPSA) is 26.3 Å². The van der Waals surface area contributed by atoms with Gasteiger partial charge in [-0.1, -0.05) is 35.6 Å². The molecular weight excluding hydrogens is 236 g/mol. The largest absolute Gasteiger partial charge is 0.463 e. The maximum absolute atomic E-state index is 11.0. The molecule has 0 amide bonds. The summed E-state index contributed by atoms with van der Waals surface area (Å²) in [7, 11) is 0. The van der Waals surface area contributed by atoms with Crippen molar-refractivity contribution < 1.29 is 9.53 Å². The number of aryl methyl sites for hydroxylation is 1. The lowest BCUT2D eigenvalue weighted by Gasteiger charge is -1.94. The zero-order valence-electron chi connectivity index (χ0n) is 11.6. The molecule has 0 atom stereocenters. The highest BCUT2D eigenvalue weighted by Crippen LogP contribution is 2.02. The van der Waals surface area contributed by atoms with Gasteiger partial charge in [-0.05, 0) is 38.8 Å². The SMILES string of the molecule is CCOC(=O)/C=C/CCCC#Cc1ccc(C)cc1. The number of unbranched alkanes of at least 4 members (excludes halogenated alkanes) is 2. The van der Waals surface area contributed by atoms with Crippen molar-refractivity contribution >= 4 is 5.97 Å². The van der Waals surface area contributed by atoms with Gasteiger partial charge in [0.05, 0.1) is 6.61 Å². The van der Waals surface area contributed by atoms with Crippen LogP contribution < -0.4 is 0 Å². The molecule has 0 aliphatic rings. The Morgan fingerprint density at radius 3 is 2.74 bits per heavy atom. The van der Waals surface area contributed by atoms with Crippen molar-refractivity contribution in [1.82, 2.24) is 0 Å². The van der Waals surface area contributed by atoms with Crippen LogP contribution in [0.1, 0.15) is 37.3 Å². The van der Waals surface area contributed by atoms with Gasteiger partial charge in [-0.15, -0.1) is 0 Å². The van der Waals surface area contributed by atoms with Crippen LogP contribution in [0.2, 0.25) is 0 Å². The van der Waals surface area contributed by atoms with Crippen LogP contribution in [0.15, 0.2) is 36.4 Å². The van der Waals surface area contributed by atoms with Crippen molar-refractivity contribution in [2.45, 2.75) is 33.1 Å². The molecule has 0 aliphatic carbocycles. The second-order valence-corrected chi connectivity index (χ2v) is 4.21. The Balaban J connectivity index is 2.21. The summed E-state index contributed by atoms with van der Waals surface area (Å²) in [5, 5.41) is 0. The first-order valence-corrected chi connectivity index (χ1v) is 6.61. The van der Waals surface area contributed by atoms with Gasteiger partial charge in [0, 0.05) is 18.1 Å². The van der Waals surface area contributed by atoms with Crippen molar-refractivity contribution in [3.05, 3.63) is 47.5 Å². The van der Waals surface area contributed by atoms with Crippen molar-refractivity contribution in [1.29, 1.82) is 0 Å². The maximum Gasteiger partial charge on any atom is 0.330 e. The Kier molecular flexibility index (Phi) is 7.12. The highest BCUT2D eigenvalue weighted by molar-refractivity contribution is 5.81. The Morgan fingerprint density at radius 2 is 2.05 bits per heavy atom. The maximum atomic E-state index is 11.0. The lowest BCUT2D eigenvalue weighted by Crippen LogP contribution is -1.98. The Morgan fingerprint density at radius 1 is 1.32 bits per heavy atom. The second kappa shape index (κ2) is 8.99. The van der Waals surface area contributed by atoms with Crippen LogP contribution >= 0.6 is 0 Å². The summed E-state index contributed by atoms with van der Waals surface area (Å²) in [5.41, 5.74) is 2.29. The first-order chi connectivity index (χ1) is 9.22. The van der Waals surface area contributed by atoms with Crippen LogP contribution in [0.5, 0.6) is 0 Å². The number of esters is 1. The summed E-state index contributed by atoms with van der Waals surface area (Å²) in [6.07, 6.45) is 5.96. The van der Waals surface area contributed by atoms with E-state index in [9.17, 15) is 4.79 Å². The van der Waals surface area contributed by atoms with Gasteiger partial charge < -0.3 is 4.74 Å². The number of carbonyl (C=O) groups excluding carboxylic acids is 1. The quantitative estimate of drug-likeness (QED) is 0.348. The Labute approximate surface area is 115 Å². The summed E-state index contributed by atoms with van der Waals surface area (Å²) < 4.78 is 4.78. The number of carbonyl (C=O) groups is 1. The smallest absolute Gasteiger partial charge is 0.330 e. The molecule has 2 nitrogen and oxygen atoms in total. The van der Waals surface area contributed by atoms with Crippen LogP contribution in [0.3, 0.4) is 0 Å². The van der Waals surface area contributed by atoms with Crippen LogP contribution in [0, 0.1) is 18.8 Å². The molecular formula is C17H20O2. The molecule has 0 unspecified atom stereocenters. The molecule has 0 saturated heterocycles. The lowest BCUT2D eigenvalue weighted by molar-refractivity contribution is -0.137. The number of ether oxygens (including phenoxy) is 1. The van der Waals surface area contributed by atoms with E-state index in [0.717, 1.165) is 24.8 Å². The third-order valence-corrected chi connectivity index (χ3v) is 2.50. The number of allylic oxidation sites excluding steroid dienone is 1. The molecule has 0 bridgehead atoms. The molecule has 0 aliphatic heterocycles. The minimum absolute atomic E-state index is 0.270. The van der Waals surface area contributed by atoms with Gasteiger partial charge >= 0.3 is 5.97 Å². The van der Waals surface area contributed by atoms with E-state index < -0.39 is 0 Å². The van der Waals surface area contributed by atoms with Crippen molar-refractivity contribution in [2.24, 2.45) is 0 Å². The van der Waals surface area contributed by atoms with E-state index in [4.69, 9.17) is 4.74 Å². The fraction of sp³-hybridized carbons (Fsp3) is 0.353. The molecule has 100 valence electrons. The average molecular weight is 256 g/mol. The minimum Gasteiger partial charge on any atom is -0.463 e. The van der Waals surface area contributed by atoms with Crippen LogP contribution in [0.4, 0.5) is 0 Å². The third kappa shape index (κ3) is 7.10. The van der Waals surface area contributed by atoms with E-state index in [2.05, 4.69) is 30.9 Å². The molecule has 19 heavy (non-hydrogen) atoms. The van der Waals surface area contributed by atoms with Gasteiger partial charge in [0.2, 0.25) is 0 Å². The highest BCUT2D eigenvalue weighted by Gasteiger charge is 1.91. The lowest BCUT2D eigenvalue weighted by atomic mass is 10.1. The molecule has 2 heteroatoms. The van der Waals surface area contributed by atoms with Gasteiger partial charge in [-0.3, -0.25) is 0 Å². The van der Waals surface area contributed by atoms with Crippen molar-refractivity contribution in [2.75, 3.05) is 6.61 Å². The van der Waals surface area contributed by atoms with E-state index in [1.807, 2.05) is 18.2 Å². The fourth-order valence-electron chi connectivity index (χ4n) is 1.48. The zero-order valence-corrected chi connectivity index (χ0v) is 11.6. The summed E-state index contributed by atoms with van der Waals surface area (Å²) >= 11 is 0. The van der Waals surface area contributed by atoms with E-state index in [1.54, 1.807) is 6.92 Å². The molecule has 0 N–H and O–H groups in total. The van der Waals surface area contributed by atoms with Gasteiger partial charge in [0.15, 0.2) is 0 Å². The summed E-state index contributed by atoms with van der Waals surface area (Å²) in [4.78, 5) is 11.0. The Bertz CT molecular complexity index is 472. The van der Waals surface area contributed by atoms with Gasteiger partial charge in [0.25, 0.3) is 0 Å². The molecule has 1 aromatic carbocycles. The van der Waals surface area contributed by atoms with Gasteiger partial charge in [-0.25, -0.2) is 4.79 Å². The van der Waals surface area contributed by atoms with Gasteiger partial charge in [0.1, 0.15) is 0 Å². The molecule has 0 fully saturated rings. The van der Waals surface area contributed by atoms with E-state index in [1.165, 1.54) is 11.6 Å². The number of rotatable bonds is 5. The predicted octanol–water partition coefficient (Wildman–Crippen LogP) is 3.64. The predicted molar refractivity (Wildman–Crippen MR) is 77.7 cm³/mol. The van der Waals surface area contributed by atoms with Crippen molar-refractivity contribution in [3.63, 3.8) is 0 Å². The molecule has 0 heterocycles. The first kappa shape index (κ1) is 15.0. The molecule has 0 aromatic heterocycles. The fourth-order valence-corrected chi connectivity index (χ4v) is 1.48. The summed E-state index contributed by atoms with van der Waals surface area (Å²) in [6, 6.07) is 8.18. The molecule has 0 radical (unpaired) electrons. The normalized spacial score (nSPS) is 10.0. The van der Waals surface area contributed by atoms with Crippen LogP contribution in [-0.4, -0.2) is 12.6 Å². The first-order valence-electron chi connectivity index (χ1n) is 6.61. The number of hydrogen-bond donors (Lipinski definition) is 0. The molecule has 1 aromatic rings. The number of benzene rings is 1. The van der Waals surface area contributed by atoms with E-state index in [0.29, 0.717) is 6.61 Å².